The Hall–Kier alpha value is -1.32. The van der Waals surface area contributed by atoms with E-state index in [1.54, 1.807) is 0 Å². The molecule has 1 heterocycles. The molecule has 0 spiro atoms. The number of hydrogen-bond donors (Lipinski definition) is 2. The number of hydrogen-bond acceptors (Lipinski definition) is 4. The molecule has 2 unspecified atom stereocenters. The van der Waals surface area contributed by atoms with Crippen molar-refractivity contribution in [2.24, 2.45) is 0 Å². The maximum absolute atomic E-state index is 12.3. The van der Waals surface area contributed by atoms with E-state index in [0.717, 1.165) is 25.1 Å². The van der Waals surface area contributed by atoms with Crippen molar-refractivity contribution in [2.45, 2.75) is 43.1 Å². The average molecular weight is 338 g/mol. The van der Waals surface area contributed by atoms with Gasteiger partial charge in [-0.05, 0) is 38.4 Å². The molecular weight excluding hydrogens is 321 g/mol. The molecule has 0 aromatic heterocycles. The highest BCUT2D eigenvalue weighted by atomic mass is 32.2. The van der Waals surface area contributed by atoms with E-state index in [-0.39, 0.29) is 17.0 Å². The van der Waals surface area contributed by atoms with Gasteiger partial charge >= 0.3 is 6.36 Å². The van der Waals surface area contributed by atoms with Gasteiger partial charge in [0.05, 0.1) is 4.90 Å². The maximum Gasteiger partial charge on any atom is 0.573 e. The fourth-order valence-electron chi connectivity index (χ4n) is 2.31. The van der Waals surface area contributed by atoms with Crippen LogP contribution in [0.5, 0.6) is 5.75 Å². The van der Waals surface area contributed by atoms with Crippen molar-refractivity contribution in [3.05, 3.63) is 24.3 Å². The molecule has 0 aliphatic carbocycles. The van der Waals surface area contributed by atoms with Crippen LogP contribution in [0.15, 0.2) is 29.2 Å². The lowest BCUT2D eigenvalue weighted by Gasteiger charge is -2.30. The molecule has 0 radical (unpaired) electrons. The Morgan fingerprint density at radius 3 is 2.73 bits per heavy atom. The predicted octanol–water partition coefficient (Wildman–Crippen LogP) is 2.00. The molecule has 5 nitrogen and oxygen atoms in total. The predicted molar refractivity (Wildman–Crippen MR) is 73.9 cm³/mol. The van der Waals surface area contributed by atoms with Gasteiger partial charge in [-0.2, -0.15) is 0 Å². The second-order valence-electron chi connectivity index (χ2n) is 5.14. The van der Waals surface area contributed by atoms with E-state index in [4.69, 9.17) is 0 Å². The Balaban J connectivity index is 2.16. The summed E-state index contributed by atoms with van der Waals surface area (Å²) < 4.78 is 67.4. The zero-order valence-electron chi connectivity index (χ0n) is 11.9. The van der Waals surface area contributed by atoms with Crippen LogP contribution in [-0.2, 0) is 10.0 Å². The van der Waals surface area contributed by atoms with E-state index in [2.05, 4.69) is 14.8 Å². The van der Waals surface area contributed by atoms with Gasteiger partial charge in [0.1, 0.15) is 5.75 Å². The summed E-state index contributed by atoms with van der Waals surface area (Å²) >= 11 is 0. The first-order valence-electron chi connectivity index (χ1n) is 6.79. The SMILES string of the molecule is CC1NCCCC1NS(=O)(=O)c1cccc(OC(F)(F)F)c1. The van der Waals surface area contributed by atoms with E-state index in [1.807, 2.05) is 6.92 Å². The fourth-order valence-corrected chi connectivity index (χ4v) is 3.70. The van der Waals surface area contributed by atoms with Crippen molar-refractivity contribution in [1.29, 1.82) is 0 Å². The van der Waals surface area contributed by atoms with Gasteiger partial charge in [-0.15, -0.1) is 13.2 Å². The molecule has 9 heteroatoms. The maximum atomic E-state index is 12.3. The Kier molecular flexibility index (Phi) is 4.98. The van der Waals surface area contributed by atoms with Gasteiger partial charge < -0.3 is 10.1 Å². The number of piperidine rings is 1. The first-order chi connectivity index (χ1) is 10.2. The molecule has 1 aliphatic heterocycles. The van der Waals surface area contributed by atoms with E-state index < -0.39 is 22.1 Å². The summed E-state index contributed by atoms with van der Waals surface area (Å²) in [6.07, 6.45) is -3.36. The van der Waals surface area contributed by atoms with Gasteiger partial charge in [0, 0.05) is 18.2 Å². The van der Waals surface area contributed by atoms with Crippen LogP contribution in [0.4, 0.5) is 13.2 Å². The average Bonchev–Trinajstić information content (AvgIpc) is 2.40. The third-order valence-corrected chi connectivity index (χ3v) is 4.91. The summed E-state index contributed by atoms with van der Waals surface area (Å²) in [5, 5.41) is 3.15. The van der Waals surface area contributed by atoms with Crippen LogP contribution in [-0.4, -0.2) is 33.4 Å². The van der Waals surface area contributed by atoms with E-state index in [0.29, 0.717) is 6.42 Å². The first-order valence-corrected chi connectivity index (χ1v) is 8.27. The third kappa shape index (κ3) is 4.59. The number of ether oxygens (including phenoxy) is 1. The quantitative estimate of drug-likeness (QED) is 0.881. The van der Waals surface area contributed by atoms with Crippen LogP contribution in [0.3, 0.4) is 0 Å². The molecule has 2 rings (SSSR count). The number of benzene rings is 1. The van der Waals surface area contributed by atoms with Crippen molar-refractivity contribution < 1.29 is 26.3 Å². The number of nitrogens with one attached hydrogen (secondary N) is 2. The normalized spacial score (nSPS) is 23.3. The highest BCUT2D eigenvalue weighted by Crippen LogP contribution is 2.25. The fraction of sp³-hybridized carbons (Fsp3) is 0.538. The molecule has 2 N–H and O–H groups in total. The van der Waals surface area contributed by atoms with Crippen molar-refractivity contribution >= 4 is 10.0 Å². The third-order valence-electron chi connectivity index (χ3n) is 3.42. The lowest BCUT2D eigenvalue weighted by molar-refractivity contribution is -0.274. The summed E-state index contributed by atoms with van der Waals surface area (Å²) in [7, 11) is -3.91. The monoisotopic (exact) mass is 338 g/mol. The standard InChI is InChI=1S/C13H17F3N2O3S/c1-9-12(6-3-7-17-9)18-22(19,20)11-5-2-4-10(8-11)21-13(14,15)16/h2,4-5,8-9,12,17-18H,3,6-7H2,1H3. The van der Waals surface area contributed by atoms with Crippen LogP contribution in [0.25, 0.3) is 0 Å². The Morgan fingerprint density at radius 2 is 2.09 bits per heavy atom. The summed E-state index contributed by atoms with van der Waals surface area (Å²) in [6.45, 7) is 2.67. The minimum absolute atomic E-state index is 0.0434. The molecule has 1 saturated heterocycles. The molecule has 2 atom stereocenters. The number of halogens is 3. The Labute approximate surface area is 126 Å². The minimum atomic E-state index is -4.86. The number of sulfonamides is 1. The van der Waals surface area contributed by atoms with Crippen LogP contribution in [0.1, 0.15) is 19.8 Å². The molecule has 1 aromatic rings. The van der Waals surface area contributed by atoms with Gasteiger partial charge in [0.2, 0.25) is 10.0 Å². The number of alkyl halides is 3. The minimum Gasteiger partial charge on any atom is -0.406 e. The molecule has 1 aromatic carbocycles. The second-order valence-corrected chi connectivity index (χ2v) is 6.85. The van der Waals surface area contributed by atoms with Gasteiger partial charge in [-0.3, -0.25) is 0 Å². The first kappa shape index (κ1) is 17.0. The Bertz CT molecular complexity index is 619. The number of rotatable bonds is 4. The second kappa shape index (κ2) is 6.43. The van der Waals surface area contributed by atoms with Gasteiger partial charge in [0.25, 0.3) is 0 Å². The van der Waals surface area contributed by atoms with Crippen molar-refractivity contribution in [2.75, 3.05) is 6.54 Å². The van der Waals surface area contributed by atoms with Crippen LogP contribution >= 0.6 is 0 Å². The Morgan fingerprint density at radius 1 is 1.36 bits per heavy atom. The van der Waals surface area contributed by atoms with Crippen molar-refractivity contribution in [3.63, 3.8) is 0 Å². The lowest BCUT2D eigenvalue weighted by atomic mass is 10.0. The molecule has 1 fully saturated rings. The van der Waals surface area contributed by atoms with Gasteiger partial charge in [0.15, 0.2) is 0 Å². The van der Waals surface area contributed by atoms with Crippen LogP contribution < -0.4 is 14.8 Å². The summed E-state index contributed by atoms with van der Waals surface area (Å²) in [5.41, 5.74) is 0. The summed E-state index contributed by atoms with van der Waals surface area (Å²) in [4.78, 5) is -0.257. The highest BCUT2D eigenvalue weighted by molar-refractivity contribution is 7.89. The molecule has 0 bridgehead atoms. The topological polar surface area (TPSA) is 67.4 Å². The van der Waals surface area contributed by atoms with E-state index >= 15 is 0 Å². The zero-order valence-corrected chi connectivity index (χ0v) is 12.7. The van der Waals surface area contributed by atoms with Crippen molar-refractivity contribution in [1.82, 2.24) is 10.0 Å². The molecular formula is C13H17F3N2O3S. The highest BCUT2D eigenvalue weighted by Gasteiger charge is 2.32. The summed E-state index contributed by atoms with van der Waals surface area (Å²) in [6, 6.07) is 4.00. The van der Waals surface area contributed by atoms with Crippen molar-refractivity contribution in [3.8, 4) is 5.75 Å². The zero-order chi connectivity index (χ0) is 16.4. The van der Waals surface area contributed by atoms with E-state index in [1.165, 1.54) is 12.1 Å². The largest absolute Gasteiger partial charge is 0.573 e. The van der Waals surface area contributed by atoms with Crippen LogP contribution in [0, 0.1) is 0 Å². The summed E-state index contributed by atoms with van der Waals surface area (Å²) in [5.74, 6) is -0.565. The smallest absolute Gasteiger partial charge is 0.406 e. The molecule has 0 amide bonds. The molecule has 22 heavy (non-hydrogen) atoms. The lowest BCUT2D eigenvalue weighted by Crippen LogP contribution is -2.51. The molecule has 1 aliphatic rings. The van der Waals surface area contributed by atoms with Crippen LogP contribution in [0.2, 0.25) is 0 Å². The molecule has 124 valence electrons. The van der Waals surface area contributed by atoms with Gasteiger partial charge in [-0.1, -0.05) is 6.07 Å². The van der Waals surface area contributed by atoms with Gasteiger partial charge in [-0.25, -0.2) is 13.1 Å². The molecule has 0 saturated carbocycles. The van der Waals surface area contributed by atoms with E-state index in [9.17, 15) is 21.6 Å².